The standard InChI is InChI=1S/C23H31N3O3Si/c1-30(2,29)16-22(27)25-21-8-4-7-20(14-21)23(28)26-11-9-18(10-12-26)19-6-3-5-17(13-19)15-24/h3-8,13-14,18,29H,9-12,15-16,24H2,1-2H3,(H,25,27). The average Bonchev–Trinajstić information content (AvgIpc) is 2.72. The number of amides is 2. The number of anilines is 1. The van der Waals surface area contributed by atoms with Crippen LogP contribution in [0.3, 0.4) is 0 Å². The minimum atomic E-state index is -2.47. The van der Waals surface area contributed by atoms with Crippen molar-refractivity contribution in [2.75, 3.05) is 18.4 Å². The summed E-state index contributed by atoms with van der Waals surface area (Å²) in [6.07, 6.45) is 1.85. The Balaban J connectivity index is 1.60. The predicted molar refractivity (Wildman–Crippen MR) is 122 cm³/mol. The van der Waals surface area contributed by atoms with E-state index in [2.05, 4.69) is 23.5 Å². The molecule has 30 heavy (non-hydrogen) atoms. The number of benzene rings is 2. The van der Waals surface area contributed by atoms with Gasteiger partial charge >= 0.3 is 0 Å². The Morgan fingerprint density at radius 1 is 1.13 bits per heavy atom. The van der Waals surface area contributed by atoms with Crippen molar-refractivity contribution in [2.24, 2.45) is 5.73 Å². The van der Waals surface area contributed by atoms with E-state index in [0.717, 1.165) is 18.4 Å². The van der Waals surface area contributed by atoms with Crippen molar-refractivity contribution in [2.45, 2.75) is 44.4 Å². The van der Waals surface area contributed by atoms with Crippen LogP contribution >= 0.6 is 0 Å². The maximum Gasteiger partial charge on any atom is 0.253 e. The van der Waals surface area contributed by atoms with Gasteiger partial charge < -0.3 is 20.7 Å². The number of piperidine rings is 1. The molecule has 0 radical (unpaired) electrons. The van der Waals surface area contributed by atoms with Crippen LogP contribution in [0, 0.1) is 0 Å². The van der Waals surface area contributed by atoms with Crippen molar-refractivity contribution in [1.82, 2.24) is 4.90 Å². The van der Waals surface area contributed by atoms with Gasteiger partial charge in [0.25, 0.3) is 5.91 Å². The van der Waals surface area contributed by atoms with Crippen LogP contribution in [-0.4, -0.2) is 42.9 Å². The van der Waals surface area contributed by atoms with E-state index in [0.29, 0.717) is 36.8 Å². The molecule has 1 aliphatic rings. The minimum Gasteiger partial charge on any atom is -0.432 e. The Labute approximate surface area is 179 Å². The molecule has 0 atom stereocenters. The van der Waals surface area contributed by atoms with Gasteiger partial charge in [-0.2, -0.15) is 0 Å². The third-order valence-electron chi connectivity index (χ3n) is 5.43. The van der Waals surface area contributed by atoms with Crippen LogP contribution in [0.4, 0.5) is 5.69 Å². The van der Waals surface area contributed by atoms with Crippen LogP contribution in [0.1, 0.15) is 40.2 Å². The van der Waals surface area contributed by atoms with Crippen molar-refractivity contribution in [1.29, 1.82) is 0 Å². The highest BCUT2D eigenvalue weighted by molar-refractivity contribution is 6.73. The molecule has 3 rings (SSSR count). The van der Waals surface area contributed by atoms with Crippen LogP contribution < -0.4 is 11.1 Å². The summed E-state index contributed by atoms with van der Waals surface area (Å²) < 4.78 is 0. The quantitative estimate of drug-likeness (QED) is 0.619. The number of nitrogens with zero attached hydrogens (tertiary/aromatic N) is 1. The minimum absolute atomic E-state index is 0.0166. The van der Waals surface area contributed by atoms with E-state index in [4.69, 9.17) is 5.73 Å². The van der Waals surface area contributed by atoms with Gasteiger partial charge in [0.05, 0.1) is 0 Å². The summed E-state index contributed by atoms with van der Waals surface area (Å²) in [6, 6.07) is 15.6. The summed E-state index contributed by atoms with van der Waals surface area (Å²) in [5.41, 5.74) is 9.34. The molecular weight excluding hydrogens is 394 g/mol. The number of rotatable bonds is 6. The molecule has 2 aromatic rings. The maximum absolute atomic E-state index is 13.0. The highest BCUT2D eigenvalue weighted by Gasteiger charge is 2.25. The zero-order valence-corrected chi connectivity index (χ0v) is 18.7. The Morgan fingerprint density at radius 2 is 1.83 bits per heavy atom. The van der Waals surface area contributed by atoms with Crippen LogP contribution in [0.15, 0.2) is 48.5 Å². The van der Waals surface area contributed by atoms with Crippen LogP contribution in [0.25, 0.3) is 0 Å². The molecule has 0 saturated carbocycles. The monoisotopic (exact) mass is 425 g/mol. The molecule has 1 saturated heterocycles. The molecular formula is C23H31N3O3Si. The number of nitrogens with two attached hydrogens (primary N) is 1. The molecule has 0 bridgehead atoms. The highest BCUT2D eigenvalue weighted by atomic mass is 28.4. The smallest absolute Gasteiger partial charge is 0.253 e. The summed E-state index contributed by atoms with van der Waals surface area (Å²) in [6.45, 7) is 5.40. The SMILES string of the molecule is C[Si](C)(O)CC(=O)Nc1cccc(C(=O)N2CCC(c3cccc(CN)c3)CC2)c1. The third-order valence-corrected chi connectivity index (χ3v) is 6.61. The van der Waals surface area contributed by atoms with Gasteiger partial charge in [-0.3, -0.25) is 9.59 Å². The summed E-state index contributed by atoms with van der Waals surface area (Å²) in [5, 5.41) is 2.79. The van der Waals surface area contributed by atoms with E-state index in [1.165, 1.54) is 5.56 Å². The lowest BCUT2D eigenvalue weighted by Gasteiger charge is -2.32. The molecule has 1 aliphatic heterocycles. The Bertz CT molecular complexity index is 903. The summed E-state index contributed by atoms with van der Waals surface area (Å²) in [7, 11) is -2.47. The van der Waals surface area contributed by atoms with Crippen LogP contribution in [-0.2, 0) is 11.3 Å². The molecule has 0 aromatic heterocycles. The molecule has 7 heteroatoms. The zero-order chi connectivity index (χ0) is 21.7. The normalized spacial score (nSPS) is 15.1. The van der Waals surface area contributed by atoms with Gasteiger partial charge in [0.1, 0.15) is 0 Å². The van der Waals surface area contributed by atoms with Crippen LogP contribution in [0.2, 0.25) is 19.1 Å². The van der Waals surface area contributed by atoms with E-state index in [1.54, 1.807) is 37.4 Å². The van der Waals surface area contributed by atoms with Crippen molar-refractivity contribution >= 4 is 25.8 Å². The van der Waals surface area contributed by atoms with Gasteiger partial charge in [0.2, 0.25) is 5.91 Å². The first-order chi connectivity index (χ1) is 14.2. The van der Waals surface area contributed by atoms with Crippen molar-refractivity contribution in [3.63, 3.8) is 0 Å². The molecule has 2 amide bonds. The van der Waals surface area contributed by atoms with Crippen molar-refractivity contribution in [3.05, 3.63) is 65.2 Å². The largest absolute Gasteiger partial charge is 0.432 e. The highest BCUT2D eigenvalue weighted by Crippen LogP contribution is 2.29. The zero-order valence-electron chi connectivity index (χ0n) is 17.7. The second-order valence-electron chi connectivity index (χ2n) is 8.63. The molecule has 0 unspecified atom stereocenters. The first-order valence-electron chi connectivity index (χ1n) is 10.5. The van der Waals surface area contributed by atoms with Crippen molar-refractivity contribution in [3.8, 4) is 0 Å². The number of nitrogens with one attached hydrogen (secondary N) is 1. The van der Waals surface area contributed by atoms with Crippen molar-refractivity contribution < 1.29 is 14.4 Å². The topological polar surface area (TPSA) is 95.7 Å². The van der Waals surface area contributed by atoms with Gasteiger partial charge in [0, 0.05) is 36.9 Å². The Hall–Kier alpha value is -2.48. The third kappa shape index (κ3) is 6.01. The molecule has 1 heterocycles. The second-order valence-corrected chi connectivity index (χ2v) is 12.6. The average molecular weight is 426 g/mol. The van der Waals surface area contributed by atoms with E-state index in [1.807, 2.05) is 11.0 Å². The molecule has 6 nitrogen and oxygen atoms in total. The molecule has 1 fully saturated rings. The Kier molecular flexibility index (Phi) is 7.07. The molecule has 4 N–H and O–H groups in total. The Morgan fingerprint density at radius 3 is 2.50 bits per heavy atom. The fourth-order valence-electron chi connectivity index (χ4n) is 3.90. The molecule has 160 valence electrons. The number of hydrogen-bond acceptors (Lipinski definition) is 4. The molecule has 0 aliphatic carbocycles. The van der Waals surface area contributed by atoms with Gasteiger partial charge in [0.15, 0.2) is 8.32 Å². The fourth-order valence-corrected chi connectivity index (χ4v) is 4.77. The number of carbonyl (C=O) groups is 2. The van der Waals surface area contributed by atoms with Gasteiger partial charge in [-0.25, -0.2) is 0 Å². The lowest BCUT2D eigenvalue weighted by Crippen LogP contribution is -2.38. The van der Waals surface area contributed by atoms with Gasteiger partial charge in [-0.05, 0) is 61.2 Å². The van der Waals surface area contributed by atoms with E-state index >= 15 is 0 Å². The maximum atomic E-state index is 13.0. The lowest BCUT2D eigenvalue weighted by atomic mass is 9.88. The second kappa shape index (κ2) is 9.55. The summed E-state index contributed by atoms with van der Waals surface area (Å²) in [4.78, 5) is 36.9. The summed E-state index contributed by atoms with van der Waals surface area (Å²) >= 11 is 0. The fraction of sp³-hybridized carbons (Fsp3) is 0.391. The molecule has 0 spiro atoms. The van der Waals surface area contributed by atoms with Gasteiger partial charge in [-0.15, -0.1) is 0 Å². The summed E-state index contributed by atoms with van der Waals surface area (Å²) in [5.74, 6) is 0.202. The van der Waals surface area contributed by atoms with Gasteiger partial charge in [-0.1, -0.05) is 30.3 Å². The lowest BCUT2D eigenvalue weighted by molar-refractivity contribution is -0.114. The first kappa shape index (κ1) is 22.2. The van der Waals surface area contributed by atoms with Crippen LogP contribution in [0.5, 0.6) is 0 Å². The first-order valence-corrected chi connectivity index (χ1v) is 13.6. The van der Waals surface area contributed by atoms with E-state index in [9.17, 15) is 14.4 Å². The van der Waals surface area contributed by atoms with E-state index < -0.39 is 8.32 Å². The predicted octanol–water partition coefficient (Wildman–Crippen LogP) is 3.30. The number of likely N-dealkylation sites (tertiary alicyclic amines) is 1. The number of hydrogen-bond donors (Lipinski definition) is 3. The van der Waals surface area contributed by atoms with E-state index in [-0.39, 0.29) is 17.9 Å². The number of carbonyl (C=O) groups excluding carboxylic acids is 2. The molecule has 2 aromatic carbocycles.